The molecule has 0 aliphatic rings. The molecule has 0 amide bonds. The summed E-state index contributed by atoms with van der Waals surface area (Å²) < 4.78 is 24.4. The van der Waals surface area contributed by atoms with Gasteiger partial charge in [-0.15, -0.1) is 0 Å². The molecule has 0 bridgehead atoms. The van der Waals surface area contributed by atoms with E-state index in [-0.39, 0.29) is 34.6 Å². The summed E-state index contributed by atoms with van der Waals surface area (Å²) in [6, 6.07) is 8.81. The van der Waals surface area contributed by atoms with Gasteiger partial charge in [-0.25, -0.2) is 4.21 Å². The van der Waals surface area contributed by atoms with Crippen molar-refractivity contribution in [1.29, 1.82) is 0 Å². The summed E-state index contributed by atoms with van der Waals surface area (Å²) in [7, 11) is 0. The number of rotatable bonds is 1. The molecule has 1 aromatic heterocycles. The fraction of sp³-hybridized carbons (Fsp3) is 0. The zero-order valence-corrected chi connectivity index (χ0v) is 6.88. The van der Waals surface area contributed by atoms with Crippen LogP contribution in [0.25, 0.3) is 11.0 Å². The van der Waals surface area contributed by atoms with E-state index in [1.807, 2.05) is 18.2 Å². The first-order chi connectivity index (χ1) is 5.77. The van der Waals surface area contributed by atoms with Gasteiger partial charge < -0.3 is 4.42 Å². The van der Waals surface area contributed by atoms with Crippen molar-refractivity contribution in [2.24, 2.45) is 0 Å². The number of benzene rings is 1. The van der Waals surface area contributed by atoms with Crippen LogP contribution in [0.4, 0.5) is 0 Å². The van der Waals surface area contributed by atoms with E-state index in [1.54, 1.807) is 12.1 Å². The SMILES string of the molecule is O=S(O)c1cc2ccccc2o1.[NaH]. The Morgan fingerprint density at radius 3 is 2.62 bits per heavy atom. The van der Waals surface area contributed by atoms with Crippen LogP contribution in [0, 0.1) is 0 Å². The van der Waals surface area contributed by atoms with Gasteiger partial charge in [-0.1, -0.05) is 18.2 Å². The molecule has 3 nitrogen and oxygen atoms in total. The minimum absolute atomic E-state index is 0. The quantitative estimate of drug-likeness (QED) is 0.566. The molecule has 0 aliphatic heterocycles. The molecule has 0 fully saturated rings. The Kier molecular flexibility index (Phi) is 3.70. The van der Waals surface area contributed by atoms with E-state index in [1.165, 1.54) is 0 Å². The van der Waals surface area contributed by atoms with Crippen LogP contribution in [0.5, 0.6) is 0 Å². The molecule has 0 saturated heterocycles. The summed E-state index contributed by atoms with van der Waals surface area (Å²) >= 11 is -2.03. The second kappa shape index (κ2) is 4.39. The van der Waals surface area contributed by atoms with Crippen LogP contribution < -0.4 is 0 Å². The molecule has 1 N–H and O–H groups in total. The van der Waals surface area contributed by atoms with Crippen molar-refractivity contribution in [2.45, 2.75) is 5.09 Å². The van der Waals surface area contributed by atoms with E-state index in [2.05, 4.69) is 0 Å². The first-order valence-electron chi connectivity index (χ1n) is 3.37. The monoisotopic (exact) mass is 206 g/mol. The first-order valence-corrected chi connectivity index (χ1v) is 4.47. The topological polar surface area (TPSA) is 50.4 Å². The average molecular weight is 206 g/mol. The summed E-state index contributed by atoms with van der Waals surface area (Å²) in [5.41, 5.74) is 0.634. The van der Waals surface area contributed by atoms with Gasteiger partial charge in [-0.05, 0) is 6.07 Å². The van der Waals surface area contributed by atoms with Gasteiger partial charge in [0.2, 0.25) is 16.2 Å². The molecule has 5 heteroatoms. The van der Waals surface area contributed by atoms with Crippen molar-refractivity contribution < 1.29 is 13.2 Å². The van der Waals surface area contributed by atoms with Gasteiger partial charge in [-0.2, -0.15) is 0 Å². The molecule has 1 aromatic carbocycles. The second-order valence-corrected chi connectivity index (χ2v) is 3.25. The van der Waals surface area contributed by atoms with Gasteiger partial charge in [0.1, 0.15) is 5.58 Å². The van der Waals surface area contributed by atoms with Crippen molar-refractivity contribution in [1.82, 2.24) is 0 Å². The van der Waals surface area contributed by atoms with Crippen molar-refractivity contribution >= 4 is 51.6 Å². The number of furan rings is 1. The molecule has 64 valence electrons. The molecular formula is C8H7NaO3S. The summed E-state index contributed by atoms with van der Waals surface area (Å²) in [5.74, 6) is 0. The maximum absolute atomic E-state index is 10.6. The molecule has 2 aromatic rings. The van der Waals surface area contributed by atoms with Gasteiger partial charge >= 0.3 is 29.6 Å². The Balaban J connectivity index is 0.000000845. The van der Waals surface area contributed by atoms with Gasteiger partial charge in [0.15, 0.2) is 0 Å². The molecule has 0 spiro atoms. The molecule has 2 rings (SSSR count). The number of hydrogen-bond donors (Lipinski definition) is 1. The van der Waals surface area contributed by atoms with Crippen LogP contribution in [0.2, 0.25) is 0 Å². The predicted molar refractivity (Wildman–Crippen MR) is 52.4 cm³/mol. The molecule has 13 heavy (non-hydrogen) atoms. The van der Waals surface area contributed by atoms with E-state index in [0.29, 0.717) is 5.58 Å². The third kappa shape index (κ3) is 2.21. The number of hydrogen-bond acceptors (Lipinski definition) is 2. The number of fused-ring (bicyclic) bond motifs is 1. The second-order valence-electron chi connectivity index (χ2n) is 2.35. The Morgan fingerprint density at radius 1 is 1.31 bits per heavy atom. The fourth-order valence-electron chi connectivity index (χ4n) is 1.04. The van der Waals surface area contributed by atoms with E-state index in [0.717, 1.165) is 5.39 Å². The Hall–Kier alpha value is -0.130. The third-order valence-corrected chi connectivity index (χ3v) is 2.12. The molecule has 0 saturated carbocycles. The van der Waals surface area contributed by atoms with Crippen LogP contribution in [-0.2, 0) is 11.1 Å². The molecular weight excluding hydrogens is 199 g/mol. The minimum atomic E-state index is -2.03. The van der Waals surface area contributed by atoms with Crippen LogP contribution in [0.1, 0.15) is 0 Å². The van der Waals surface area contributed by atoms with Crippen LogP contribution >= 0.6 is 0 Å². The summed E-state index contributed by atoms with van der Waals surface area (Å²) in [6.07, 6.45) is 0. The average Bonchev–Trinajstić information content (AvgIpc) is 2.46. The molecule has 1 unspecified atom stereocenters. The predicted octanol–water partition coefficient (Wildman–Crippen LogP) is 1.36. The van der Waals surface area contributed by atoms with Gasteiger partial charge in [-0.3, -0.25) is 4.55 Å². The summed E-state index contributed by atoms with van der Waals surface area (Å²) in [4.78, 5) is 0. The summed E-state index contributed by atoms with van der Waals surface area (Å²) in [6.45, 7) is 0. The molecule has 1 heterocycles. The van der Waals surface area contributed by atoms with Crippen molar-refractivity contribution in [3.05, 3.63) is 30.3 Å². The van der Waals surface area contributed by atoms with Gasteiger partial charge in [0.05, 0.1) is 0 Å². The first kappa shape index (κ1) is 10.9. The van der Waals surface area contributed by atoms with Crippen molar-refractivity contribution in [2.75, 3.05) is 0 Å². The van der Waals surface area contributed by atoms with Crippen LogP contribution in [0.15, 0.2) is 39.8 Å². The molecule has 0 aliphatic carbocycles. The number of para-hydroxylation sites is 1. The molecule has 0 radical (unpaired) electrons. The van der Waals surface area contributed by atoms with E-state index in [4.69, 9.17) is 8.97 Å². The summed E-state index contributed by atoms with van der Waals surface area (Å²) in [5, 5.41) is 0.936. The van der Waals surface area contributed by atoms with Crippen molar-refractivity contribution in [3.8, 4) is 0 Å². The Bertz CT molecular complexity index is 405. The van der Waals surface area contributed by atoms with Gasteiger partial charge in [0, 0.05) is 11.5 Å². The van der Waals surface area contributed by atoms with Crippen LogP contribution in [0.3, 0.4) is 0 Å². The van der Waals surface area contributed by atoms with E-state index >= 15 is 0 Å². The third-order valence-electron chi connectivity index (χ3n) is 1.58. The Labute approximate surface area is 99.7 Å². The van der Waals surface area contributed by atoms with Gasteiger partial charge in [0.25, 0.3) is 0 Å². The fourth-order valence-corrected chi connectivity index (χ4v) is 1.43. The maximum atomic E-state index is 10.6. The van der Waals surface area contributed by atoms with Crippen molar-refractivity contribution in [3.63, 3.8) is 0 Å². The van der Waals surface area contributed by atoms with E-state index in [9.17, 15) is 4.21 Å². The zero-order chi connectivity index (χ0) is 8.55. The van der Waals surface area contributed by atoms with Crippen LogP contribution in [-0.4, -0.2) is 38.3 Å². The van der Waals surface area contributed by atoms with E-state index < -0.39 is 11.1 Å². The Morgan fingerprint density at radius 2 is 2.00 bits per heavy atom. The zero-order valence-electron chi connectivity index (χ0n) is 6.06. The molecule has 1 atom stereocenters. The standard InChI is InChI=1S/C8H6O3S.Na.H/c9-12(10)8-5-6-3-1-2-4-7(6)11-8;;/h1-5H,(H,9,10);;. The normalized spacial score (nSPS) is 12.4.